The van der Waals surface area contributed by atoms with Crippen molar-refractivity contribution in [2.75, 3.05) is 0 Å². The molecule has 0 saturated heterocycles. The molecule has 1 aromatic carbocycles. The highest BCUT2D eigenvalue weighted by Gasteiger charge is 2.21. The Hall–Kier alpha value is -3.04. The molecule has 7 nitrogen and oxygen atoms in total. The molecule has 1 N–H and O–H groups in total. The van der Waals surface area contributed by atoms with E-state index < -0.39 is 0 Å². The first-order valence-electron chi connectivity index (χ1n) is 9.36. The summed E-state index contributed by atoms with van der Waals surface area (Å²) in [5.41, 5.74) is 3.69. The van der Waals surface area contributed by atoms with Crippen molar-refractivity contribution in [1.29, 1.82) is 0 Å². The number of hydrogen-bond donors (Lipinski definition) is 1. The third-order valence-corrected chi connectivity index (χ3v) is 6.02. The first kappa shape index (κ1) is 20.2. The van der Waals surface area contributed by atoms with Gasteiger partial charge in [-0.3, -0.25) is 4.79 Å². The van der Waals surface area contributed by atoms with Crippen LogP contribution >= 0.6 is 23.1 Å². The molecule has 4 aromatic rings. The number of hydrogen-bond acceptors (Lipinski definition) is 7. The summed E-state index contributed by atoms with van der Waals surface area (Å²) in [6, 6.07) is 15.5. The van der Waals surface area contributed by atoms with Crippen molar-refractivity contribution in [1.82, 2.24) is 30.3 Å². The Balaban J connectivity index is 1.61. The van der Waals surface area contributed by atoms with Crippen LogP contribution in [0.25, 0.3) is 5.69 Å². The number of carbonyl (C=O) groups is 1. The molecule has 1 amide bonds. The standard InChI is InChI=1S/C21H20N6OS2/c1-14-11-15(2)24-21(23-14)30-13-18-19(20(28)22-12-17-9-6-10-29-17)25-26-27(18)16-7-4-3-5-8-16/h3-11H,12-13H2,1-2H3,(H,22,28). The Morgan fingerprint density at radius 3 is 2.57 bits per heavy atom. The minimum absolute atomic E-state index is 0.248. The summed E-state index contributed by atoms with van der Waals surface area (Å²) in [5.74, 6) is 0.217. The predicted molar refractivity (Wildman–Crippen MR) is 118 cm³/mol. The van der Waals surface area contributed by atoms with E-state index in [0.717, 1.165) is 22.0 Å². The van der Waals surface area contributed by atoms with Crippen molar-refractivity contribution in [3.63, 3.8) is 0 Å². The van der Waals surface area contributed by atoms with E-state index in [0.29, 0.717) is 28.8 Å². The molecule has 9 heteroatoms. The van der Waals surface area contributed by atoms with Gasteiger partial charge in [-0.05, 0) is 43.5 Å². The Kier molecular flexibility index (Phi) is 6.20. The van der Waals surface area contributed by atoms with Gasteiger partial charge < -0.3 is 5.32 Å². The Morgan fingerprint density at radius 2 is 1.87 bits per heavy atom. The summed E-state index contributed by atoms with van der Waals surface area (Å²) in [6.07, 6.45) is 0. The third kappa shape index (κ3) is 4.74. The van der Waals surface area contributed by atoms with Crippen LogP contribution in [-0.4, -0.2) is 30.9 Å². The van der Waals surface area contributed by atoms with Crippen LogP contribution in [0.2, 0.25) is 0 Å². The molecule has 3 heterocycles. The van der Waals surface area contributed by atoms with E-state index in [-0.39, 0.29) is 5.91 Å². The lowest BCUT2D eigenvalue weighted by Gasteiger charge is -2.08. The van der Waals surface area contributed by atoms with Crippen molar-refractivity contribution in [3.05, 3.63) is 81.6 Å². The van der Waals surface area contributed by atoms with Gasteiger partial charge in [0, 0.05) is 22.0 Å². The van der Waals surface area contributed by atoms with E-state index >= 15 is 0 Å². The lowest BCUT2D eigenvalue weighted by Crippen LogP contribution is -2.24. The maximum Gasteiger partial charge on any atom is 0.274 e. The largest absolute Gasteiger partial charge is 0.346 e. The van der Waals surface area contributed by atoms with Crippen molar-refractivity contribution in [2.24, 2.45) is 0 Å². The number of aryl methyl sites for hydroxylation is 2. The van der Waals surface area contributed by atoms with Crippen LogP contribution in [0.15, 0.2) is 59.1 Å². The summed E-state index contributed by atoms with van der Waals surface area (Å²) >= 11 is 3.06. The number of carbonyl (C=O) groups excluding carboxylic acids is 1. The second kappa shape index (κ2) is 9.19. The highest BCUT2D eigenvalue weighted by molar-refractivity contribution is 7.98. The van der Waals surface area contributed by atoms with Gasteiger partial charge in [0.25, 0.3) is 5.91 Å². The van der Waals surface area contributed by atoms with E-state index in [2.05, 4.69) is 25.6 Å². The number of rotatable bonds is 7. The average Bonchev–Trinajstić information content (AvgIpc) is 3.40. The highest BCUT2D eigenvalue weighted by atomic mass is 32.2. The topological polar surface area (TPSA) is 85.6 Å². The van der Waals surface area contributed by atoms with Crippen molar-refractivity contribution in [2.45, 2.75) is 31.3 Å². The number of aromatic nitrogens is 5. The van der Waals surface area contributed by atoms with Crippen molar-refractivity contribution in [3.8, 4) is 5.69 Å². The Labute approximate surface area is 182 Å². The van der Waals surface area contributed by atoms with Gasteiger partial charge in [0.1, 0.15) is 0 Å². The second-order valence-corrected chi connectivity index (χ2v) is 8.59. The summed E-state index contributed by atoms with van der Waals surface area (Å²) in [4.78, 5) is 22.9. The molecule has 0 spiro atoms. The van der Waals surface area contributed by atoms with Crippen LogP contribution in [-0.2, 0) is 12.3 Å². The van der Waals surface area contributed by atoms with Crippen LogP contribution in [0.3, 0.4) is 0 Å². The van der Waals surface area contributed by atoms with Crippen LogP contribution < -0.4 is 5.32 Å². The lowest BCUT2D eigenvalue weighted by atomic mass is 10.3. The second-order valence-electron chi connectivity index (χ2n) is 6.62. The summed E-state index contributed by atoms with van der Waals surface area (Å²) < 4.78 is 1.70. The number of benzene rings is 1. The van der Waals surface area contributed by atoms with E-state index in [1.54, 1.807) is 16.0 Å². The van der Waals surface area contributed by atoms with Gasteiger partial charge in [0.15, 0.2) is 10.9 Å². The SMILES string of the molecule is Cc1cc(C)nc(SCc2c(C(=O)NCc3cccs3)nnn2-c2ccccc2)n1. The first-order valence-corrected chi connectivity index (χ1v) is 11.2. The van der Waals surface area contributed by atoms with Gasteiger partial charge in [-0.1, -0.05) is 41.2 Å². The molecule has 0 aliphatic rings. The van der Waals surface area contributed by atoms with Gasteiger partial charge in [-0.15, -0.1) is 16.4 Å². The lowest BCUT2D eigenvalue weighted by molar-refractivity contribution is 0.0945. The monoisotopic (exact) mass is 436 g/mol. The highest BCUT2D eigenvalue weighted by Crippen LogP contribution is 2.23. The molecule has 3 aromatic heterocycles. The molecule has 0 aliphatic heterocycles. The summed E-state index contributed by atoms with van der Waals surface area (Å²) in [6.45, 7) is 4.34. The molecule has 4 rings (SSSR count). The molecular formula is C21H20N6OS2. The number of thiophene rings is 1. The third-order valence-electron chi connectivity index (χ3n) is 4.28. The first-order chi connectivity index (χ1) is 14.6. The van der Waals surface area contributed by atoms with Gasteiger partial charge >= 0.3 is 0 Å². The van der Waals surface area contributed by atoms with E-state index in [1.165, 1.54) is 11.8 Å². The smallest absolute Gasteiger partial charge is 0.274 e. The molecule has 0 fully saturated rings. The molecular weight excluding hydrogens is 416 g/mol. The minimum atomic E-state index is -0.248. The molecule has 30 heavy (non-hydrogen) atoms. The number of para-hydroxylation sites is 1. The molecule has 0 radical (unpaired) electrons. The van der Waals surface area contributed by atoms with Crippen molar-refractivity contribution >= 4 is 29.0 Å². The summed E-state index contributed by atoms with van der Waals surface area (Å²) in [5, 5.41) is 14.0. The average molecular weight is 437 g/mol. The van der Waals surface area contributed by atoms with Gasteiger partial charge in [0.2, 0.25) is 0 Å². The molecule has 0 saturated carbocycles. The number of nitrogens with one attached hydrogen (secondary N) is 1. The quantitative estimate of drug-likeness (QED) is 0.349. The number of thioether (sulfide) groups is 1. The zero-order valence-corrected chi connectivity index (χ0v) is 18.2. The molecule has 0 atom stereocenters. The Morgan fingerprint density at radius 1 is 1.10 bits per heavy atom. The van der Waals surface area contributed by atoms with E-state index in [4.69, 9.17) is 0 Å². The van der Waals surface area contributed by atoms with Crippen LogP contribution in [0, 0.1) is 13.8 Å². The number of nitrogens with zero attached hydrogens (tertiary/aromatic N) is 5. The zero-order chi connectivity index (χ0) is 20.9. The zero-order valence-electron chi connectivity index (χ0n) is 16.6. The predicted octanol–water partition coefficient (Wildman–Crippen LogP) is 3.96. The number of amides is 1. The molecule has 0 bridgehead atoms. The van der Waals surface area contributed by atoms with Gasteiger partial charge in [-0.2, -0.15) is 0 Å². The van der Waals surface area contributed by atoms with Gasteiger partial charge in [-0.25, -0.2) is 14.6 Å². The van der Waals surface area contributed by atoms with Crippen molar-refractivity contribution < 1.29 is 4.79 Å². The minimum Gasteiger partial charge on any atom is -0.346 e. The fourth-order valence-corrected chi connectivity index (χ4v) is 4.53. The maximum atomic E-state index is 12.9. The fourth-order valence-electron chi connectivity index (χ4n) is 2.94. The van der Waals surface area contributed by atoms with Crippen LogP contribution in [0.5, 0.6) is 0 Å². The van der Waals surface area contributed by atoms with Crippen LogP contribution in [0.1, 0.15) is 32.4 Å². The summed E-state index contributed by atoms with van der Waals surface area (Å²) in [7, 11) is 0. The normalized spacial score (nSPS) is 10.9. The van der Waals surface area contributed by atoms with Crippen LogP contribution in [0.4, 0.5) is 0 Å². The molecule has 152 valence electrons. The van der Waals surface area contributed by atoms with E-state index in [1.807, 2.05) is 67.8 Å². The molecule has 0 unspecified atom stereocenters. The van der Waals surface area contributed by atoms with Gasteiger partial charge in [0.05, 0.1) is 17.9 Å². The maximum absolute atomic E-state index is 12.9. The van der Waals surface area contributed by atoms with E-state index in [9.17, 15) is 4.79 Å². The fraction of sp³-hybridized carbons (Fsp3) is 0.190. The molecule has 0 aliphatic carbocycles. The Bertz CT molecular complexity index is 1120.